The minimum Gasteiger partial charge on any atom is -0.310 e. The van der Waals surface area contributed by atoms with Gasteiger partial charge in [0, 0.05) is 34.1 Å². The number of anilines is 6. The van der Waals surface area contributed by atoms with E-state index in [4.69, 9.17) is 0 Å². The highest BCUT2D eigenvalue weighted by molar-refractivity contribution is 6.10. The van der Waals surface area contributed by atoms with Crippen LogP contribution in [0.2, 0.25) is 0 Å². The summed E-state index contributed by atoms with van der Waals surface area (Å²) in [5, 5.41) is 9.85. The highest BCUT2D eigenvalue weighted by atomic mass is 15.1. The van der Waals surface area contributed by atoms with Crippen LogP contribution in [0.15, 0.2) is 315 Å². The van der Waals surface area contributed by atoms with Gasteiger partial charge in [-0.05, 0) is 172 Å². The van der Waals surface area contributed by atoms with Gasteiger partial charge in [-0.1, -0.05) is 243 Å². The highest BCUT2D eigenvalue weighted by Gasteiger charge is 2.64. The molecule has 16 rings (SSSR count). The van der Waals surface area contributed by atoms with Crippen LogP contribution in [0.4, 0.5) is 34.1 Å². The third-order valence-corrected chi connectivity index (χ3v) is 17.6. The van der Waals surface area contributed by atoms with Gasteiger partial charge in [0.25, 0.3) is 0 Å². The molecule has 0 fully saturated rings. The number of nitrogens with zero attached hydrogens (tertiary/aromatic N) is 2. The lowest BCUT2D eigenvalue weighted by Crippen LogP contribution is -2.50. The predicted octanol–water partition coefficient (Wildman–Crippen LogP) is 20.6. The van der Waals surface area contributed by atoms with Crippen LogP contribution in [-0.4, -0.2) is 0 Å². The fraction of sp³-hybridized carbons (Fsp3) is 0.0256. The van der Waals surface area contributed by atoms with E-state index in [0.29, 0.717) is 0 Å². The lowest BCUT2D eigenvalue weighted by molar-refractivity contribution is 0.437. The van der Waals surface area contributed by atoms with Crippen LogP contribution in [0.5, 0.6) is 0 Å². The molecule has 2 nitrogen and oxygen atoms in total. The summed E-state index contributed by atoms with van der Waals surface area (Å²) in [6.07, 6.45) is 0. The lowest BCUT2D eigenvalue weighted by Gasteiger charge is -2.51. The molecule has 0 bridgehead atoms. The minimum absolute atomic E-state index is 0.834. The van der Waals surface area contributed by atoms with Gasteiger partial charge in [-0.15, -0.1) is 0 Å². The van der Waals surface area contributed by atoms with E-state index in [2.05, 4.69) is 325 Å². The van der Waals surface area contributed by atoms with Crippen LogP contribution >= 0.6 is 0 Å². The molecule has 2 aliphatic rings. The van der Waals surface area contributed by atoms with Crippen LogP contribution in [0.3, 0.4) is 0 Å². The van der Waals surface area contributed by atoms with Crippen molar-refractivity contribution in [2.75, 3.05) is 9.80 Å². The fourth-order valence-electron chi connectivity index (χ4n) is 14.4. The van der Waals surface area contributed by atoms with E-state index in [1.807, 2.05) is 0 Å². The van der Waals surface area contributed by atoms with Gasteiger partial charge in [-0.2, -0.15) is 0 Å². The Kier molecular flexibility index (Phi) is 10.4. The van der Waals surface area contributed by atoms with Crippen molar-refractivity contribution in [2.24, 2.45) is 0 Å². The quantitative estimate of drug-likeness (QED) is 0.133. The first-order valence-corrected chi connectivity index (χ1v) is 27.8. The third kappa shape index (κ3) is 6.66. The molecule has 374 valence electrons. The van der Waals surface area contributed by atoms with Crippen LogP contribution in [0, 0.1) is 0 Å². The molecule has 0 amide bonds. The Morgan fingerprint density at radius 2 is 0.487 bits per heavy atom. The van der Waals surface area contributed by atoms with Gasteiger partial charge in [0.05, 0.1) is 10.8 Å². The number of fused-ring (bicyclic) bond motifs is 12. The molecule has 2 unspecified atom stereocenters. The Labute approximate surface area is 466 Å². The van der Waals surface area contributed by atoms with Crippen molar-refractivity contribution in [1.29, 1.82) is 0 Å². The zero-order valence-electron chi connectivity index (χ0n) is 43.9. The van der Waals surface area contributed by atoms with E-state index < -0.39 is 10.8 Å². The van der Waals surface area contributed by atoms with E-state index >= 15 is 0 Å². The van der Waals surface area contributed by atoms with Crippen molar-refractivity contribution in [3.05, 3.63) is 349 Å². The highest BCUT2D eigenvalue weighted by Crippen LogP contribution is 2.70. The number of rotatable bonds is 9. The Morgan fingerprint density at radius 1 is 0.188 bits per heavy atom. The van der Waals surface area contributed by atoms with Crippen molar-refractivity contribution in [2.45, 2.75) is 10.8 Å². The first kappa shape index (κ1) is 45.9. The van der Waals surface area contributed by atoms with Crippen LogP contribution in [-0.2, 0) is 10.8 Å². The first-order chi connectivity index (χ1) is 39.7. The van der Waals surface area contributed by atoms with Gasteiger partial charge >= 0.3 is 0 Å². The second kappa shape index (κ2) is 18.2. The summed E-state index contributed by atoms with van der Waals surface area (Å²) < 4.78 is 0. The lowest BCUT2D eigenvalue weighted by atomic mass is 9.49. The molecule has 14 aromatic rings. The molecule has 0 saturated carbocycles. The van der Waals surface area contributed by atoms with E-state index in [-0.39, 0.29) is 0 Å². The summed E-state index contributed by atoms with van der Waals surface area (Å²) in [6.45, 7) is 0. The summed E-state index contributed by atoms with van der Waals surface area (Å²) >= 11 is 0. The molecule has 0 saturated heterocycles. The van der Waals surface area contributed by atoms with Crippen molar-refractivity contribution in [1.82, 2.24) is 0 Å². The van der Waals surface area contributed by atoms with Crippen molar-refractivity contribution >= 4 is 77.2 Å². The fourth-order valence-corrected chi connectivity index (χ4v) is 14.4. The van der Waals surface area contributed by atoms with Gasteiger partial charge in [0.2, 0.25) is 0 Å². The first-order valence-electron chi connectivity index (χ1n) is 27.8. The molecule has 14 aromatic carbocycles. The maximum absolute atomic E-state index is 2.55. The van der Waals surface area contributed by atoms with E-state index in [1.165, 1.54) is 98.7 Å². The molecular weight excluding hydrogens is 965 g/mol. The molecule has 2 atom stereocenters. The van der Waals surface area contributed by atoms with Crippen molar-refractivity contribution in [3.8, 4) is 22.3 Å². The molecule has 0 N–H and O–H groups in total. The summed E-state index contributed by atoms with van der Waals surface area (Å²) in [6, 6.07) is 118. The maximum atomic E-state index is 2.55. The monoisotopic (exact) mass is 1020 g/mol. The molecule has 2 heteroatoms. The van der Waals surface area contributed by atoms with Crippen molar-refractivity contribution in [3.63, 3.8) is 0 Å². The molecule has 0 aliphatic heterocycles. The molecule has 2 aliphatic carbocycles. The largest absolute Gasteiger partial charge is 0.310 e. The van der Waals surface area contributed by atoms with Gasteiger partial charge < -0.3 is 9.80 Å². The Balaban J connectivity index is 1.01. The van der Waals surface area contributed by atoms with Gasteiger partial charge in [0.1, 0.15) is 0 Å². The second-order valence-corrected chi connectivity index (χ2v) is 21.5. The van der Waals surface area contributed by atoms with E-state index in [0.717, 1.165) is 34.1 Å². The zero-order chi connectivity index (χ0) is 52.8. The summed E-state index contributed by atoms with van der Waals surface area (Å²) in [5.74, 6) is 0. The Hall–Kier alpha value is -10.3. The van der Waals surface area contributed by atoms with Gasteiger partial charge in [-0.3, -0.25) is 0 Å². The standard InChI is InChI=1S/C78H52N2/c1-5-23-57(24-6-1)77(73-35-19-17-33-67(73)69-47-45-63(51-75(69)77)79(59-27-9-3-10-28-59)61-43-41-55-39-37-53-21-13-15-31-65(53)71(55)49-61)78(58-25-7-2-8-26-58)74-36-20-18-34-68(74)70-48-46-64(52-76(70)78)80(60-29-11-4-12-30-60)62-44-42-56-40-38-54-22-14-16-32-66(54)72(56)50-62/h1-52H. The topological polar surface area (TPSA) is 6.48 Å². The van der Waals surface area contributed by atoms with Gasteiger partial charge in [-0.25, -0.2) is 0 Å². The smallest absolute Gasteiger partial charge is 0.0642 e. The third-order valence-electron chi connectivity index (χ3n) is 17.6. The Morgan fingerprint density at radius 3 is 0.912 bits per heavy atom. The van der Waals surface area contributed by atoms with Crippen LogP contribution in [0.1, 0.15) is 33.4 Å². The molecule has 0 aromatic heterocycles. The molecule has 0 heterocycles. The normalized spacial score (nSPS) is 15.8. The molecule has 0 spiro atoms. The average molecular weight is 1020 g/mol. The molecular formula is C78H52N2. The number of hydrogen-bond donors (Lipinski definition) is 0. The minimum atomic E-state index is -0.834. The number of benzene rings is 14. The average Bonchev–Trinajstić information content (AvgIpc) is 4.19. The maximum Gasteiger partial charge on any atom is 0.0642 e. The number of para-hydroxylation sites is 2. The summed E-state index contributed by atoms with van der Waals surface area (Å²) in [7, 11) is 0. The summed E-state index contributed by atoms with van der Waals surface area (Å²) in [5.41, 5.74) is 17.4. The zero-order valence-corrected chi connectivity index (χ0v) is 43.9. The predicted molar refractivity (Wildman–Crippen MR) is 336 cm³/mol. The van der Waals surface area contributed by atoms with E-state index in [1.54, 1.807) is 0 Å². The van der Waals surface area contributed by atoms with Crippen LogP contribution in [0.25, 0.3) is 65.3 Å². The second-order valence-electron chi connectivity index (χ2n) is 21.5. The Bertz CT molecular complexity index is 4420. The number of hydrogen-bond acceptors (Lipinski definition) is 2. The summed E-state index contributed by atoms with van der Waals surface area (Å²) in [4.78, 5) is 4.93. The van der Waals surface area contributed by atoms with Crippen LogP contribution < -0.4 is 9.80 Å². The van der Waals surface area contributed by atoms with Crippen molar-refractivity contribution < 1.29 is 0 Å². The SMILES string of the molecule is c1ccc(N(c2ccc3c(c2)C(c2ccccc2)(C2(c4ccccc4)c4ccccc4-c4ccc(N(c5ccccc5)c5ccc6ccc7ccccc7c6c5)cc42)c2ccccc2-3)c2ccc3ccc4ccccc4c3c2)cc1. The molecule has 80 heavy (non-hydrogen) atoms. The van der Waals surface area contributed by atoms with E-state index in [9.17, 15) is 0 Å². The molecule has 0 radical (unpaired) electrons. The van der Waals surface area contributed by atoms with Gasteiger partial charge in [0.15, 0.2) is 0 Å².